The third-order valence-corrected chi connectivity index (χ3v) is 5.35. The van der Waals surface area contributed by atoms with E-state index in [0.29, 0.717) is 40.8 Å². The summed E-state index contributed by atoms with van der Waals surface area (Å²) >= 11 is 6.31. The quantitative estimate of drug-likeness (QED) is 0.459. The summed E-state index contributed by atoms with van der Waals surface area (Å²) in [5, 5.41) is 3.60. The van der Waals surface area contributed by atoms with Gasteiger partial charge in [0, 0.05) is 29.5 Å². The van der Waals surface area contributed by atoms with Crippen LogP contribution < -0.4 is 14.8 Å². The van der Waals surface area contributed by atoms with Crippen molar-refractivity contribution in [2.24, 2.45) is 0 Å². The number of hydrogen-bond acceptors (Lipinski definition) is 4. The normalized spacial score (nSPS) is 10.8. The number of amides is 1. The van der Waals surface area contributed by atoms with E-state index in [-0.39, 0.29) is 5.91 Å². The molecule has 2 aromatic carbocycles. The summed E-state index contributed by atoms with van der Waals surface area (Å²) in [4.78, 5) is 17.0. The molecule has 0 fully saturated rings. The third-order valence-electron chi connectivity index (χ3n) is 5.02. The van der Waals surface area contributed by atoms with Gasteiger partial charge in [-0.05, 0) is 47.9 Å². The lowest BCUT2D eigenvalue weighted by molar-refractivity contribution is 0.0950. The van der Waals surface area contributed by atoms with Crippen LogP contribution in [0.15, 0.2) is 67.0 Å². The standard InChI is InChI=1S/C24H22ClN3O3/c1-30-21-9-7-16(13-22(21)31-2)11-12-26-24(29)20-15-28-14-17(8-10-23(28)27-20)18-5-3-4-6-19(18)25/h3-10,13-15H,11-12H2,1-2H3,(H,26,29). The highest BCUT2D eigenvalue weighted by atomic mass is 35.5. The summed E-state index contributed by atoms with van der Waals surface area (Å²) in [5.74, 6) is 1.13. The molecule has 158 valence electrons. The Morgan fingerprint density at radius 2 is 1.84 bits per heavy atom. The molecule has 6 nitrogen and oxygen atoms in total. The minimum atomic E-state index is -0.219. The lowest BCUT2D eigenvalue weighted by Crippen LogP contribution is -2.26. The van der Waals surface area contributed by atoms with Gasteiger partial charge in [-0.2, -0.15) is 0 Å². The molecule has 0 saturated heterocycles. The van der Waals surface area contributed by atoms with Gasteiger partial charge in [0.25, 0.3) is 5.91 Å². The second kappa shape index (κ2) is 9.10. The molecule has 1 N–H and O–H groups in total. The predicted molar refractivity (Wildman–Crippen MR) is 121 cm³/mol. The maximum atomic E-state index is 12.6. The number of methoxy groups -OCH3 is 2. The van der Waals surface area contributed by atoms with Crippen molar-refractivity contribution in [3.05, 3.63) is 83.3 Å². The Morgan fingerprint density at radius 3 is 2.61 bits per heavy atom. The summed E-state index contributed by atoms with van der Waals surface area (Å²) in [6, 6.07) is 17.2. The van der Waals surface area contributed by atoms with E-state index < -0.39 is 0 Å². The Labute approximate surface area is 185 Å². The predicted octanol–water partition coefficient (Wildman–Crippen LogP) is 4.64. The summed E-state index contributed by atoms with van der Waals surface area (Å²) in [6.07, 6.45) is 4.31. The highest BCUT2D eigenvalue weighted by Crippen LogP contribution is 2.28. The summed E-state index contributed by atoms with van der Waals surface area (Å²) < 4.78 is 12.4. The number of hydrogen-bond donors (Lipinski definition) is 1. The molecule has 0 aliphatic carbocycles. The number of carbonyl (C=O) groups excluding carboxylic acids is 1. The number of ether oxygens (including phenoxy) is 2. The van der Waals surface area contributed by atoms with Gasteiger partial charge in [-0.1, -0.05) is 35.9 Å². The van der Waals surface area contributed by atoms with E-state index in [0.717, 1.165) is 16.7 Å². The van der Waals surface area contributed by atoms with Crippen LogP contribution in [0.2, 0.25) is 5.02 Å². The second-order valence-corrected chi connectivity index (χ2v) is 7.39. The highest BCUT2D eigenvalue weighted by molar-refractivity contribution is 6.33. The van der Waals surface area contributed by atoms with Crippen LogP contribution in [0.1, 0.15) is 16.1 Å². The number of rotatable bonds is 7. The van der Waals surface area contributed by atoms with Crippen LogP contribution >= 0.6 is 11.6 Å². The SMILES string of the molecule is COc1ccc(CCNC(=O)c2cn3cc(-c4ccccc4Cl)ccc3n2)cc1OC. The van der Waals surface area contributed by atoms with Crippen molar-refractivity contribution in [2.75, 3.05) is 20.8 Å². The van der Waals surface area contributed by atoms with Crippen LogP contribution in [-0.4, -0.2) is 36.1 Å². The Balaban J connectivity index is 1.44. The zero-order chi connectivity index (χ0) is 21.8. The molecule has 0 bridgehead atoms. The van der Waals surface area contributed by atoms with Gasteiger partial charge in [-0.3, -0.25) is 4.79 Å². The molecule has 4 aromatic rings. The largest absolute Gasteiger partial charge is 0.493 e. The highest BCUT2D eigenvalue weighted by Gasteiger charge is 2.12. The first-order valence-electron chi connectivity index (χ1n) is 9.82. The van der Waals surface area contributed by atoms with Crippen molar-refractivity contribution >= 4 is 23.2 Å². The van der Waals surface area contributed by atoms with Gasteiger partial charge < -0.3 is 19.2 Å². The molecule has 4 rings (SSSR count). The van der Waals surface area contributed by atoms with Crippen molar-refractivity contribution in [1.82, 2.24) is 14.7 Å². The van der Waals surface area contributed by atoms with Gasteiger partial charge in [-0.25, -0.2) is 4.98 Å². The molecule has 7 heteroatoms. The minimum Gasteiger partial charge on any atom is -0.493 e. The van der Waals surface area contributed by atoms with Crippen molar-refractivity contribution in [1.29, 1.82) is 0 Å². The van der Waals surface area contributed by atoms with Crippen LogP contribution in [-0.2, 0) is 6.42 Å². The van der Waals surface area contributed by atoms with E-state index in [2.05, 4.69) is 10.3 Å². The van der Waals surface area contributed by atoms with Gasteiger partial charge in [0.05, 0.1) is 14.2 Å². The molecule has 0 saturated carbocycles. The molecule has 0 radical (unpaired) electrons. The average molecular weight is 436 g/mol. The minimum absolute atomic E-state index is 0.219. The van der Waals surface area contributed by atoms with Crippen molar-refractivity contribution in [2.45, 2.75) is 6.42 Å². The van der Waals surface area contributed by atoms with Crippen LogP contribution in [0.5, 0.6) is 11.5 Å². The summed E-state index contributed by atoms with van der Waals surface area (Å²) in [7, 11) is 3.20. The zero-order valence-electron chi connectivity index (χ0n) is 17.3. The van der Waals surface area contributed by atoms with E-state index in [9.17, 15) is 4.79 Å². The average Bonchev–Trinajstić information content (AvgIpc) is 3.23. The van der Waals surface area contributed by atoms with Crippen molar-refractivity contribution in [3.8, 4) is 22.6 Å². The zero-order valence-corrected chi connectivity index (χ0v) is 18.0. The molecule has 0 unspecified atom stereocenters. The smallest absolute Gasteiger partial charge is 0.271 e. The molecular weight excluding hydrogens is 414 g/mol. The number of fused-ring (bicyclic) bond motifs is 1. The van der Waals surface area contributed by atoms with E-state index >= 15 is 0 Å². The van der Waals surface area contributed by atoms with Crippen molar-refractivity contribution in [3.63, 3.8) is 0 Å². The Morgan fingerprint density at radius 1 is 1.03 bits per heavy atom. The van der Waals surface area contributed by atoms with Crippen LogP contribution in [0.3, 0.4) is 0 Å². The first-order valence-corrected chi connectivity index (χ1v) is 10.2. The third kappa shape index (κ3) is 4.49. The van der Waals surface area contributed by atoms with Crippen molar-refractivity contribution < 1.29 is 14.3 Å². The first-order chi connectivity index (χ1) is 15.1. The van der Waals surface area contributed by atoms with E-state index in [1.165, 1.54) is 0 Å². The number of pyridine rings is 1. The van der Waals surface area contributed by atoms with Gasteiger partial charge in [0.2, 0.25) is 0 Å². The maximum Gasteiger partial charge on any atom is 0.271 e. The molecule has 31 heavy (non-hydrogen) atoms. The molecule has 2 heterocycles. The first kappa shape index (κ1) is 20.8. The van der Waals surface area contributed by atoms with E-state index in [4.69, 9.17) is 21.1 Å². The Kier molecular flexibility index (Phi) is 6.09. The summed E-state index contributed by atoms with van der Waals surface area (Å²) in [6.45, 7) is 0.479. The fourth-order valence-electron chi connectivity index (χ4n) is 3.40. The molecule has 0 spiro atoms. The number of benzene rings is 2. The lowest BCUT2D eigenvalue weighted by Gasteiger charge is -2.09. The topological polar surface area (TPSA) is 64.9 Å². The van der Waals surface area contributed by atoms with Gasteiger partial charge in [-0.15, -0.1) is 0 Å². The van der Waals surface area contributed by atoms with E-state index in [1.807, 2.05) is 65.2 Å². The van der Waals surface area contributed by atoms with Gasteiger partial charge >= 0.3 is 0 Å². The summed E-state index contributed by atoms with van der Waals surface area (Å²) in [5.41, 5.74) is 3.98. The van der Waals surface area contributed by atoms with Crippen LogP contribution in [0.4, 0.5) is 0 Å². The number of halogens is 1. The molecule has 0 aliphatic rings. The monoisotopic (exact) mass is 435 g/mol. The number of aromatic nitrogens is 2. The molecule has 0 aliphatic heterocycles. The van der Waals surface area contributed by atoms with Gasteiger partial charge in [0.15, 0.2) is 11.5 Å². The van der Waals surface area contributed by atoms with Crippen LogP contribution in [0, 0.1) is 0 Å². The van der Waals surface area contributed by atoms with Crippen LogP contribution in [0.25, 0.3) is 16.8 Å². The molecule has 1 amide bonds. The van der Waals surface area contributed by atoms with Gasteiger partial charge in [0.1, 0.15) is 11.3 Å². The van der Waals surface area contributed by atoms with E-state index in [1.54, 1.807) is 20.4 Å². The Hall–Kier alpha value is -3.51. The molecular formula is C24H22ClN3O3. The fraction of sp³-hybridized carbons (Fsp3) is 0.167. The molecule has 0 atom stereocenters. The second-order valence-electron chi connectivity index (χ2n) is 6.98. The lowest BCUT2D eigenvalue weighted by atomic mass is 10.1. The molecule has 2 aromatic heterocycles. The fourth-order valence-corrected chi connectivity index (χ4v) is 3.65. The number of nitrogens with one attached hydrogen (secondary N) is 1. The Bertz CT molecular complexity index is 1240. The number of carbonyl (C=O) groups is 1. The number of nitrogens with zero attached hydrogens (tertiary/aromatic N) is 2. The maximum absolute atomic E-state index is 12.6. The number of imidazole rings is 1.